The molecule has 4 nitrogen and oxygen atoms in total. The Morgan fingerprint density at radius 2 is 2.00 bits per heavy atom. The predicted molar refractivity (Wildman–Crippen MR) is 43.3 cm³/mol. The van der Waals surface area contributed by atoms with Gasteiger partial charge < -0.3 is 9.67 Å². The number of rotatable bonds is 2. The van der Waals surface area contributed by atoms with E-state index in [9.17, 15) is 27.2 Å². The Kier molecular flexibility index (Phi) is 3.02. The lowest BCUT2D eigenvalue weighted by Crippen LogP contribution is -2.30. The van der Waals surface area contributed by atoms with Gasteiger partial charge in [0.15, 0.2) is 0 Å². The minimum Gasteiger partial charge on any atom is -0.480 e. The molecule has 0 unspecified atom stereocenters. The molecule has 0 saturated heterocycles. The number of hydrogen-bond acceptors (Lipinski definition) is 2. The van der Waals surface area contributed by atoms with Gasteiger partial charge in [-0.2, -0.15) is 13.2 Å². The highest BCUT2D eigenvalue weighted by Crippen LogP contribution is 2.26. The predicted octanol–water partition coefficient (Wildman–Crippen LogP) is 1.09. The van der Waals surface area contributed by atoms with E-state index in [4.69, 9.17) is 5.11 Å². The SMILES string of the molecule is O=C(O)Cn1cc(F)cc(C(F)(F)F)c1=O. The van der Waals surface area contributed by atoms with E-state index in [2.05, 4.69) is 0 Å². The number of pyridine rings is 1. The number of carboxylic acids is 1. The van der Waals surface area contributed by atoms with Crippen molar-refractivity contribution in [2.24, 2.45) is 0 Å². The van der Waals surface area contributed by atoms with E-state index in [1.165, 1.54) is 0 Å². The number of carbonyl (C=O) groups is 1. The minimum atomic E-state index is -5.01. The van der Waals surface area contributed by atoms with E-state index in [1.54, 1.807) is 0 Å². The van der Waals surface area contributed by atoms with Crippen LogP contribution >= 0.6 is 0 Å². The van der Waals surface area contributed by atoms with Crippen molar-refractivity contribution in [2.75, 3.05) is 0 Å². The molecule has 0 aromatic carbocycles. The van der Waals surface area contributed by atoms with E-state index in [1.807, 2.05) is 0 Å². The summed E-state index contributed by atoms with van der Waals surface area (Å²) < 4.78 is 49.5. The van der Waals surface area contributed by atoms with Crippen molar-refractivity contribution in [1.82, 2.24) is 4.57 Å². The number of aromatic nitrogens is 1. The maximum atomic E-state index is 12.7. The van der Waals surface area contributed by atoms with Crippen LogP contribution in [0.4, 0.5) is 17.6 Å². The molecule has 0 bridgehead atoms. The summed E-state index contributed by atoms with van der Waals surface area (Å²) in [5, 5.41) is 8.31. The molecule has 0 atom stereocenters. The fourth-order valence-corrected chi connectivity index (χ4v) is 1.07. The number of carboxylic acid groups (broad SMARTS) is 1. The number of hydrogen-bond donors (Lipinski definition) is 1. The van der Waals surface area contributed by atoms with Crippen molar-refractivity contribution in [3.63, 3.8) is 0 Å². The van der Waals surface area contributed by atoms with Gasteiger partial charge >= 0.3 is 12.1 Å². The lowest BCUT2D eigenvalue weighted by Gasteiger charge is -2.09. The molecule has 8 heteroatoms. The van der Waals surface area contributed by atoms with Crippen LogP contribution in [0.15, 0.2) is 17.1 Å². The van der Waals surface area contributed by atoms with Crippen LogP contribution in [0.3, 0.4) is 0 Å². The number of alkyl halides is 3. The molecule has 1 rings (SSSR count). The van der Waals surface area contributed by atoms with Crippen LogP contribution in [0.1, 0.15) is 5.56 Å². The first-order chi connectivity index (χ1) is 7.21. The third-order valence-electron chi connectivity index (χ3n) is 1.66. The first kappa shape index (κ1) is 12.2. The first-order valence-corrected chi connectivity index (χ1v) is 3.91. The molecule has 0 saturated carbocycles. The van der Waals surface area contributed by atoms with E-state index >= 15 is 0 Å². The molecular weight excluding hydrogens is 234 g/mol. The molecule has 1 aromatic heterocycles. The van der Waals surface area contributed by atoms with Gasteiger partial charge in [0.05, 0.1) is 0 Å². The highest BCUT2D eigenvalue weighted by atomic mass is 19.4. The van der Waals surface area contributed by atoms with Gasteiger partial charge in [-0.25, -0.2) is 4.39 Å². The highest BCUT2D eigenvalue weighted by molar-refractivity contribution is 5.66. The Balaban J connectivity index is 3.38. The Morgan fingerprint density at radius 3 is 2.44 bits per heavy atom. The Labute approximate surface area is 85.7 Å². The standard InChI is InChI=1S/C8H5F4NO3/c9-4-1-5(8(10,11)12)7(16)13(2-4)3-6(14)15/h1-2H,3H2,(H,14,15). The lowest BCUT2D eigenvalue weighted by molar-refractivity contribution is -0.141. The summed E-state index contributed by atoms with van der Waals surface area (Å²) in [7, 11) is 0. The summed E-state index contributed by atoms with van der Waals surface area (Å²) in [4.78, 5) is 21.3. The van der Waals surface area contributed by atoms with Crippen molar-refractivity contribution >= 4 is 5.97 Å². The van der Waals surface area contributed by atoms with E-state index in [0.717, 1.165) is 0 Å². The average molecular weight is 239 g/mol. The Hall–Kier alpha value is -1.86. The molecule has 16 heavy (non-hydrogen) atoms. The van der Waals surface area contributed by atoms with Crippen molar-refractivity contribution in [1.29, 1.82) is 0 Å². The quantitative estimate of drug-likeness (QED) is 0.786. The molecular formula is C8H5F4NO3. The molecule has 1 heterocycles. The molecule has 0 spiro atoms. The minimum absolute atomic E-state index is 0.0285. The second-order valence-electron chi connectivity index (χ2n) is 2.90. The Morgan fingerprint density at radius 1 is 1.44 bits per heavy atom. The fraction of sp³-hybridized carbons (Fsp3) is 0.250. The molecule has 1 N–H and O–H groups in total. The normalized spacial score (nSPS) is 11.5. The van der Waals surface area contributed by atoms with Crippen molar-refractivity contribution in [3.05, 3.63) is 34.0 Å². The van der Waals surface area contributed by atoms with E-state index in [-0.39, 0.29) is 10.6 Å². The van der Waals surface area contributed by atoms with Gasteiger partial charge in [-0.05, 0) is 6.07 Å². The van der Waals surface area contributed by atoms with Crippen LogP contribution in [0.2, 0.25) is 0 Å². The zero-order valence-corrected chi connectivity index (χ0v) is 7.58. The number of aliphatic carboxylic acids is 1. The van der Waals surface area contributed by atoms with E-state index < -0.39 is 35.6 Å². The van der Waals surface area contributed by atoms with Gasteiger partial charge in [0.2, 0.25) is 0 Å². The second-order valence-corrected chi connectivity index (χ2v) is 2.90. The first-order valence-electron chi connectivity index (χ1n) is 3.91. The zero-order chi connectivity index (χ0) is 12.5. The van der Waals surface area contributed by atoms with Gasteiger partial charge in [-0.1, -0.05) is 0 Å². The van der Waals surface area contributed by atoms with Crippen LogP contribution in [-0.2, 0) is 17.5 Å². The molecule has 0 fully saturated rings. The smallest absolute Gasteiger partial charge is 0.421 e. The van der Waals surface area contributed by atoms with Crippen molar-refractivity contribution < 1.29 is 27.5 Å². The summed E-state index contributed by atoms with van der Waals surface area (Å²) in [6.45, 7) is -1.03. The van der Waals surface area contributed by atoms with Gasteiger partial charge in [-0.15, -0.1) is 0 Å². The fourth-order valence-electron chi connectivity index (χ4n) is 1.07. The van der Waals surface area contributed by atoms with E-state index in [0.29, 0.717) is 6.20 Å². The van der Waals surface area contributed by atoms with Crippen LogP contribution in [-0.4, -0.2) is 15.6 Å². The van der Waals surface area contributed by atoms with Crippen molar-refractivity contribution in [3.8, 4) is 0 Å². The second kappa shape index (κ2) is 3.95. The van der Waals surface area contributed by atoms with Crippen molar-refractivity contribution in [2.45, 2.75) is 12.7 Å². The molecule has 88 valence electrons. The van der Waals surface area contributed by atoms with Gasteiger partial charge in [0.1, 0.15) is 17.9 Å². The summed E-state index contributed by atoms with van der Waals surface area (Å²) in [5.74, 6) is -2.87. The Bertz CT molecular complexity index is 477. The summed E-state index contributed by atoms with van der Waals surface area (Å²) in [6, 6.07) is 0.0285. The number of halogens is 4. The molecule has 0 amide bonds. The van der Waals surface area contributed by atoms with Gasteiger partial charge in [-0.3, -0.25) is 9.59 Å². The van der Waals surface area contributed by atoms with Crippen LogP contribution in [0.25, 0.3) is 0 Å². The number of nitrogens with zero attached hydrogens (tertiary/aromatic N) is 1. The maximum absolute atomic E-state index is 12.7. The molecule has 1 aromatic rings. The zero-order valence-electron chi connectivity index (χ0n) is 7.58. The van der Waals surface area contributed by atoms with Crippen LogP contribution in [0, 0.1) is 5.82 Å². The van der Waals surface area contributed by atoms with Gasteiger partial charge in [0.25, 0.3) is 5.56 Å². The van der Waals surface area contributed by atoms with Gasteiger partial charge in [0, 0.05) is 6.20 Å². The highest BCUT2D eigenvalue weighted by Gasteiger charge is 2.35. The topological polar surface area (TPSA) is 59.3 Å². The third-order valence-corrected chi connectivity index (χ3v) is 1.66. The van der Waals surface area contributed by atoms with Crippen LogP contribution in [0.5, 0.6) is 0 Å². The maximum Gasteiger partial charge on any atom is 0.421 e. The molecule has 0 aliphatic heterocycles. The monoisotopic (exact) mass is 239 g/mol. The third kappa shape index (κ3) is 2.59. The largest absolute Gasteiger partial charge is 0.480 e. The van der Waals surface area contributed by atoms with Crippen LogP contribution < -0.4 is 5.56 Å². The average Bonchev–Trinajstić information content (AvgIpc) is 2.07. The molecule has 0 radical (unpaired) electrons. The summed E-state index contributed by atoms with van der Waals surface area (Å²) in [6.07, 6.45) is -4.61. The summed E-state index contributed by atoms with van der Waals surface area (Å²) in [5.41, 5.74) is -3.31. The molecule has 0 aliphatic rings. The molecule has 0 aliphatic carbocycles. The lowest BCUT2D eigenvalue weighted by atomic mass is 10.2. The summed E-state index contributed by atoms with van der Waals surface area (Å²) >= 11 is 0.